The Morgan fingerprint density at radius 2 is 1.52 bits per heavy atom. The molecule has 21 atom stereocenters. The van der Waals surface area contributed by atoms with Crippen LogP contribution in [-0.4, -0.2) is 189 Å². The molecule has 0 radical (unpaired) electrons. The summed E-state index contributed by atoms with van der Waals surface area (Å²) in [5.41, 5.74) is -0.853. The van der Waals surface area contributed by atoms with Gasteiger partial charge in [-0.25, -0.2) is 0 Å². The van der Waals surface area contributed by atoms with Crippen molar-refractivity contribution in [2.75, 3.05) is 34.9 Å². The number of aldehydes is 1. The zero-order valence-electron chi connectivity index (χ0n) is 45.5. The molecule has 20 heteroatoms. The maximum atomic E-state index is 14.3. The van der Waals surface area contributed by atoms with Gasteiger partial charge in [-0.05, 0) is 80.0 Å². The predicted molar refractivity (Wildman–Crippen MR) is 263 cm³/mol. The van der Waals surface area contributed by atoms with Crippen molar-refractivity contribution < 1.29 is 91.4 Å². The number of allylic oxidation sites excluding steroid dienone is 3. The molecule has 0 amide bonds. The molecular formula is C53H87NO19. The van der Waals surface area contributed by atoms with E-state index in [1.165, 1.54) is 20.3 Å². The first-order valence-corrected chi connectivity index (χ1v) is 26.1. The third-order valence-corrected chi connectivity index (χ3v) is 14.6. The maximum Gasteiger partial charge on any atom is 0.309 e. The minimum atomic E-state index is -1.52. The van der Waals surface area contributed by atoms with Crippen LogP contribution in [0.5, 0.6) is 0 Å². The van der Waals surface area contributed by atoms with Crippen LogP contribution in [0.4, 0.5) is 0 Å². The van der Waals surface area contributed by atoms with E-state index < -0.39 is 152 Å². The van der Waals surface area contributed by atoms with Gasteiger partial charge in [0.05, 0.1) is 43.5 Å². The Labute approximate surface area is 432 Å². The number of aliphatic hydroxyl groups is 3. The number of methoxy groups -OCH3 is 2. The third-order valence-electron chi connectivity index (χ3n) is 14.6. The predicted octanol–water partition coefficient (Wildman–Crippen LogP) is 4.15. The van der Waals surface area contributed by atoms with Crippen LogP contribution < -0.4 is 0 Å². The molecule has 73 heavy (non-hydrogen) atoms. The van der Waals surface area contributed by atoms with Crippen LogP contribution in [0.1, 0.15) is 121 Å². The van der Waals surface area contributed by atoms with Gasteiger partial charge in [-0.1, -0.05) is 52.3 Å². The number of carbonyl (C=O) groups excluding carboxylic acids is 5. The lowest BCUT2D eigenvalue weighted by molar-refractivity contribution is -0.342. The van der Waals surface area contributed by atoms with Crippen molar-refractivity contribution in [2.45, 2.75) is 224 Å². The zero-order chi connectivity index (χ0) is 54.5. The van der Waals surface area contributed by atoms with E-state index in [9.17, 15) is 39.3 Å². The van der Waals surface area contributed by atoms with Gasteiger partial charge in [-0.2, -0.15) is 0 Å². The molecule has 3 fully saturated rings. The maximum absolute atomic E-state index is 14.3. The number of ketones is 1. The van der Waals surface area contributed by atoms with Gasteiger partial charge in [0.15, 0.2) is 30.8 Å². The highest BCUT2D eigenvalue weighted by atomic mass is 16.7. The quantitative estimate of drug-likeness (QED) is 0.0991. The summed E-state index contributed by atoms with van der Waals surface area (Å²) >= 11 is 0. The Kier molecular flexibility index (Phi) is 24.5. The molecule has 4 rings (SSSR count). The van der Waals surface area contributed by atoms with Crippen LogP contribution in [0, 0.1) is 23.7 Å². The molecule has 3 saturated heterocycles. The highest BCUT2D eigenvalue weighted by molar-refractivity contribution is 5.91. The van der Waals surface area contributed by atoms with Crippen LogP contribution in [0.3, 0.4) is 0 Å². The molecule has 418 valence electrons. The van der Waals surface area contributed by atoms with Gasteiger partial charge >= 0.3 is 17.9 Å². The van der Waals surface area contributed by atoms with Gasteiger partial charge in [0.2, 0.25) is 0 Å². The van der Waals surface area contributed by atoms with Gasteiger partial charge in [0, 0.05) is 57.7 Å². The number of likely N-dealkylation sites (N-methyl/N-ethyl adjacent to an activating group) is 1. The van der Waals surface area contributed by atoms with Gasteiger partial charge < -0.3 is 77.1 Å². The summed E-state index contributed by atoms with van der Waals surface area (Å²) in [6.07, 6.45) is -8.02. The van der Waals surface area contributed by atoms with E-state index in [0.29, 0.717) is 18.4 Å². The molecule has 4 heterocycles. The number of cyclic esters (lactones) is 1. The molecule has 0 aromatic rings. The summed E-state index contributed by atoms with van der Waals surface area (Å²) in [4.78, 5) is 68.2. The van der Waals surface area contributed by atoms with Crippen molar-refractivity contribution in [1.82, 2.24) is 4.90 Å². The minimum absolute atomic E-state index is 0.0246. The first kappa shape index (κ1) is 62.3. The Morgan fingerprint density at radius 1 is 0.849 bits per heavy atom. The molecule has 4 aliphatic rings. The van der Waals surface area contributed by atoms with Crippen molar-refractivity contribution in [3.63, 3.8) is 0 Å². The van der Waals surface area contributed by atoms with Gasteiger partial charge in [0.1, 0.15) is 54.6 Å². The average molecular weight is 1040 g/mol. The summed E-state index contributed by atoms with van der Waals surface area (Å²) in [5.74, 6) is -4.82. The Hall–Kier alpha value is -3.25. The lowest BCUT2D eigenvalue weighted by Crippen LogP contribution is -2.65. The van der Waals surface area contributed by atoms with Crippen molar-refractivity contribution in [3.8, 4) is 0 Å². The monoisotopic (exact) mass is 1040 g/mol. The van der Waals surface area contributed by atoms with E-state index in [4.69, 9.17) is 52.1 Å². The Morgan fingerprint density at radius 3 is 2.11 bits per heavy atom. The summed E-state index contributed by atoms with van der Waals surface area (Å²) in [6, 6.07) is -0.807. The second-order valence-corrected chi connectivity index (χ2v) is 20.8. The SMILES string of the molecule is CCCC(=O)OC1C(C)OC(OC2C(C)OC(O[C@H]3[C@@H](CC=O)C[C@@H](C)C(=O)/C=C\C(C)=C/C(COC4OC(C)C(O)C(OC)C4OC)[C@H](CC)OC(=O)C[C@@H](OC(=O)CC)[C@@H]3C)C(O)C2N(C)C)CC1(C)O. The van der Waals surface area contributed by atoms with Crippen LogP contribution in [0.25, 0.3) is 0 Å². The summed E-state index contributed by atoms with van der Waals surface area (Å²) in [7, 11) is 6.42. The van der Waals surface area contributed by atoms with Gasteiger partial charge in [-0.15, -0.1) is 0 Å². The number of carbonyl (C=O) groups is 5. The number of ether oxygens (including phenoxy) is 11. The second-order valence-electron chi connectivity index (χ2n) is 20.8. The van der Waals surface area contributed by atoms with Gasteiger partial charge in [-0.3, -0.25) is 19.2 Å². The highest BCUT2D eigenvalue weighted by Crippen LogP contribution is 2.39. The van der Waals surface area contributed by atoms with Crippen molar-refractivity contribution in [2.24, 2.45) is 23.7 Å². The first-order valence-electron chi connectivity index (χ1n) is 26.1. The zero-order valence-corrected chi connectivity index (χ0v) is 45.5. The van der Waals surface area contributed by atoms with Crippen molar-refractivity contribution in [3.05, 3.63) is 23.8 Å². The fourth-order valence-electron chi connectivity index (χ4n) is 10.5. The van der Waals surface area contributed by atoms with Crippen molar-refractivity contribution >= 4 is 30.0 Å². The van der Waals surface area contributed by atoms with Gasteiger partial charge in [0.25, 0.3) is 0 Å². The smallest absolute Gasteiger partial charge is 0.309 e. The number of esters is 3. The normalized spacial score (nSPS) is 41.5. The number of hydrogen-bond donors (Lipinski definition) is 3. The molecule has 0 spiro atoms. The summed E-state index contributed by atoms with van der Waals surface area (Å²) < 4.78 is 67.4. The molecule has 15 unspecified atom stereocenters. The summed E-state index contributed by atoms with van der Waals surface area (Å²) in [5, 5.41) is 34.5. The van der Waals surface area contributed by atoms with E-state index in [1.807, 2.05) is 19.9 Å². The lowest BCUT2D eigenvalue weighted by atomic mass is 9.79. The van der Waals surface area contributed by atoms with Crippen LogP contribution in [-0.2, 0) is 76.1 Å². The van der Waals surface area contributed by atoms with E-state index in [0.717, 1.165) is 6.29 Å². The molecule has 0 aliphatic carbocycles. The van der Waals surface area contributed by atoms with Crippen molar-refractivity contribution in [1.29, 1.82) is 0 Å². The van der Waals surface area contributed by atoms with Crippen LogP contribution in [0.2, 0.25) is 0 Å². The summed E-state index contributed by atoms with van der Waals surface area (Å²) in [6.45, 7) is 17.2. The molecule has 0 saturated carbocycles. The molecule has 0 bridgehead atoms. The number of nitrogens with zero attached hydrogens (tertiary/aromatic N) is 1. The van der Waals surface area contributed by atoms with E-state index >= 15 is 0 Å². The average Bonchev–Trinajstić information content (AvgIpc) is 3.32. The number of hydrogen-bond acceptors (Lipinski definition) is 20. The first-order chi connectivity index (χ1) is 34.4. The van der Waals surface area contributed by atoms with E-state index in [2.05, 4.69) is 0 Å². The molecular weight excluding hydrogens is 955 g/mol. The fraction of sp³-hybridized carbons (Fsp3) is 0.830. The third kappa shape index (κ3) is 16.6. The Bertz CT molecular complexity index is 1840. The fourth-order valence-corrected chi connectivity index (χ4v) is 10.5. The highest BCUT2D eigenvalue weighted by Gasteiger charge is 2.53. The largest absolute Gasteiger partial charge is 0.462 e. The number of rotatable bonds is 18. The number of aliphatic hydroxyl groups excluding tert-OH is 2. The van der Waals surface area contributed by atoms with Crippen LogP contribution in [0.15, 0.2) is 23.8 Å². The minimum Gasteiger partial charge on any atom is -0.462 e. The standard InChI is InChI=1S/C53H87NO19/c1-15-18-40(58)71-50-33(9)66-42(26-53(50,10)62)72-47-32(8)68-51(45(61)43(47)54(11)12)73-46-30(6)38(70-39(57)17-3)25-41(59)69-37(16-2)35(23-28(4)19-20-36(56)29(5)24-34(46)21-22-55)27-65-52-49(64-14)48(63-13)44(60)31(7)67-52/h19-20,22-23,29-35,37-38,42-52,60-62H,15-18,21,24-27H2,1-14H3/b20-19-,28-23-/t29-,30+,31?,32?,33?,34+,35?,37+,38-,42?,43?,44?,45?,46-,47?,48?,49?,50?,51?,52?,53?/m1/s1. The van der Waals surface area contributed by atoms with Crippen LogP contribution >= 0.6 is 0 Å². The Balaban J connectivity index is 1.68. The van der Waals surface area contributed by atoms with E-state index in [1.54, 1.807) is 80.5 Å². The molecule has 0 aromatic carbocycles. The second kappa shape index (κ2) is 28.8. The molecule has 3 N–H and O–H groups in total. The topological polar surface area (TPSA) is 251 Å². The molecule has 0 aromatic heterocycles. The van der Waals surface area contributed by atoms with E-state index in [-0.39, 0.29) is 44.5 Å². The molecule has 4 aliphatic heterocycles. The molecule has 20 nitrogen and oxygen atoms in total. The lowest BCUT2D eigenvalue weighted by Gasteiger charge is -2.50.